The molecular formula is C25H38O3Si. The lowest BCUT2D eigenvalue weighted by Crippen LogP contribution is -2.52. The highest BCUT2D eigenvalue weighted by molar-refractivity contribution is 6.77. The minimum atomic E-state index is -2.04. The number of rotatable bonds is 5. The highest BCUT2D eigenvalue weighted by Gasteiger charge is 2.81. The Bertz CT molecular complexity index is 800. The van der Waals surface area contributed by atoms with Crippen LogP contribution in [0.3, 0.4) is 0 Å². The van der Waals surface area contributed by atoms with E-state index in [9.17, 15) is 9.59 Å². The fraction of sp³-hybridized carbons (Fsp3) is 0.840. The van der Waals surface area contributed by atoms with Crippen LogP contribution >= 0.6 is 0 Å². The Morgan fingerprint density at radius 2 is 1.59 bits per heavy atom. The molecular weight excluding hydrogens is 376 g/mol. The van der Waals surface area contributed by atoms with Gasteiger partial charge in [0.15, 0.2) is 0 Å². The van der Waals surface area contributed by atoms with E-state index in [4.69, 9.17) is 4.43 Å². The summed E-state index contributed by atoms with van der Waals surface area (Å²) in [5.74, 6) is 1.00. The van der Waals surface area contributed by atoms with Gasteiger partial charge in [-0.15, -0.1) is 0 Å². The maximum Gasteiger partial charge on any atom is 0.205 e. The summed E-state index contributed by atoms with van der Waals surface area (Å²) >= 11 is 0. The molecule has 0 aromatic heterocycles. The lowest BCUT2D eigenvalue weighted by Gasteiger charge is -2.47. The van der Waals surface area contributed by atoms with Crippen LogP contribution in [0.1, 0.15) is 68.2 Å². The standard InChI is InChI=1S/C25H38O3Si/c1-12(2)29(13(3)4,14(5)6)28-23-18-9-15-17-10-16-19(22(27)21(15)26)20(16)25(17,18)11-24(23,7)8/h9,12-17,19-20,23H,10-11H2,1-8H3/t15-,16+,17-,19-,20+,23-,25-/m0/s1. The fourth-order valence-electron chi connectivity index (χ4n) is 9.19. The molecule has 0 heterocycles. The summed E-state index contributed by atoms with van der Waals surface area (Å²) in [4.78, 5) is 25.7. The average Bonchev–Trinajstić information content (AvgIpc) is 3.07. The van der Waals surface area contributed by atoms with Crippen LogP contribution in [0, 0.1) is 40.4 Å². The van der Waals surface area contributed by atoms with Crippen LogP contribution in [0.25, 0.3) is 0 Å². The minimum absolute atomic E-state index is 0.0318. The molecule has 160 valence electrons. The number of allylic oxidation sites excluding steroid dienone is 1. The highest BCUT2D eigenvalue weighted by Crippen LogP contribution is 2.82. The molecule has 0 radical (unpaired) electrons. The minimum Gasteiger partial charge on any atom is -0.409 e. The third-order valence-corrected chi connectivity index (χ3v) is 16.0. The quantitative estimate of drug-likeness (QED) is 0.336. The summed E-state index contributed by atoms with van der Waals surface area (Å²) in [5, 5.41) is 0. The Morgan fingerprint density at radius 1 is 1.00 bits per heavy atom. The van der Waals surface area contributed by atoms with E-state index >= 15 is 0 Å². The van der Waals surface area contributed by atoms with Crippen molar-refractivity contribution in [2.45, 2.75) is 91.0 Å². The highest BCUT2D eigenvalue weighted by atomic mass is 28.4. The summed E-state index contributed by atoms with van der Waals surface area (Å²) in [6, 6.07) is 0. The molecule has 0 aliphatic heterocycles. The van der Waals surface area contributed by atoms with Gasteiger partial charge in [0.1, 0.15) is 0 Å². The van der Waals surface area contributed by atoms with Crippen molar-refractivity contribution in [1.29, 1.82) is 0 Å². The summed E-state index contributed by atoms with van der Waals surface area (Å²) in [7, 11) is -2.04. The summed E-state index contributed by atoms with van der Waals surface area (Å²) in [6.07, 6.45) is 4.53. The lowest BCUT2D eigenvalue weighted by molar-refractivity contribution is -0.138. The summed E-state index contributed by atoms with van der Waals surface area (Å²) in [5.41, 5.74) is 3.21. The first-order chi connectivity index (χ1) is 13.4. The van der Waals surface area contributed by atoms with Crippen molar-refractivity contribution in [3.8, 4) is 0 Å². The van der Waals surface area contributed by atoms with E-state index < -0.39 is 8.32 Å². The second kappa shape index (κ2) is 5.73. The van der Waals surface area contributed by atoms with Crippen LogP contribution in [-0.2, 0) is 14.0 Å². The number of ketones is 2. The van der Waals surface area contributed by atoms with Gasteiger partial charge in [0.2, 0.25) is 19.9 Å². The number of Topliss-reactive ketones (excluding diaryl/α,β-unsaturated/α-hetero) is 2. The van der Waals surface area contributed by atoms with E-state index in [-0.39, 0.29) is 40.3 Å². The van der Waals surface area contributed by atoms with Crippen LogP contribution < -0.4 is 0 Å². The van der Waals surface area contributed by atoms with Crippen molar-refractivity contribution >= 4 is 19.9 Å². The fourth-order valence-corrected chi connectivity index (χ4v) is 14.9. The van der Waals surface area contributed by atoms with Gasteiger partial charge in [-0.2, -0.15) is 0 Å². The zero-order chi connectivity index (χ0) is 21.3. The van der Waals surface area contributed by atoms with Crippen molar-refractivity contribution in [1.82, 2.24) is 0 Å². The Morgan fingerprint density at radius 3 is 2.14 bits per heavy atom. The first-order valence-corrected chi connectivity index (χ1v) is 14.0. The predicted octanol–water partition coefficient (Wildman–Crippen LogP) is 5.55. The molecule has 5 fully saturated rings. The number of hydrogen-bond acceptors (Lipinski definition) is 3. The molecule has 3 nitrogen and oxygen atoms in total. The third-order valence-electron chi connectivity index (χ3n) is 9.90. The SMILES string of the molecule is CC(C)[Si](O[C@H]1C2=C[C@@H]3C(=O)C(=O)[C@H]4[C@H]5C[C@@H]3[C@]2(CC1(C)C)[C@H]54)(C(C)C)C(C)C. The summed E-state index contributed by atoms with van der Waals surface area (Å²) < 4.78 is 7.43. The van der Waals surface area contributed by atoms with Gasteiger partial charge in [-0.05, 0) is 58.2 Å². The molecule has 0 N–H and O–H groups in total. The maximum absolute atomic E-state index is 13.0. The van der Waals surface area contributed by atoms with Gasteiger partial charge in [0.25, 0.3) is 0 Å². The molecule has 0 amide bonds. The Kier molecular flexibility index (Phi) is 3.99. The molecule has 0 aromatic rings. The van der Waals surface area contributed by atoms with Gasteiger partial charge in [-0.3, -0.25) is 9.59 Å². The molecule has 1 spiro atoms. The molecule has 6 rings (SSSR count). The largest absolute Gasteiger partial charge is 0.409 e. The molecule has 6 bridgehead atoms. The van der Waals surface area contributed by atoms with Gasteiger partial charge in [-0.1, -0.05) is 61.5 Å². The van der Waals surface area contributed by atoms with Gasteiger partial charge in [-0.25, -0.2) is 0 Å². The van der Waals surface area contributed by atoms with Gasteiger partial charge < -0.3 is 4.43 Å². The van der Waals surface area contributed by atoms with E-state index in [1.54, 1.807) is 0 Å². The van der Waals surface area contributed by atoms with Gasteiger partial charge >= 0.3 is 0 Å². The van der Waals surface area contributed by atoms with Crippen LogP contribution in [0.15, 0.2) is 11.6 Å². The Balaban J connectivity index is 1.61. The summed E-state index contributed by atoms with van der Waals surface area (Å²) in [6.45, 7) is 18.9. The molecule has 0 saturated heterocycles. The first-order valence-electron chi connectivity index (χ1n) is 11.9. The average molecular weight is 415 g/mol. The maximum atomic E-state index is 13.0. The predicted molar refractivity (Wildman–Crippen MR) is 117 cm³/mol. The monoisotopic (exact) mass is 414 g/mol. The molecule has 7 atom stereocenters. The normalized spacial score (nSPS) is 44.0. The van der Waals surface area contributed by atoms with E-state index in [0.29, 0.717) is 34.4 Å². The van der Waals surface area contributed by atoms with Crippen molar-refractivity contribution in [2.75, 3.05) is 0 Å². The van der Waals surface area contributed by atoms with E-state index in [1.807, 2.05) is 0 Å². The Labute approximate surface area is 177 Å². The van der Waals surface area contributed by atoms with E-state index in [0.717, 1.165) is 12.8 Å². The zero-order valence-corrected chi connectivity index (χ0v) is 20.4. The second-order valence-corrected chi connectivity index (χ2v) is 17.9. The number of carbonyl (C=O) groups is 2. The second-order valence-electron chi connectivity index (χ2n) is 12.5. The molecule has 5 saturated carbocycles. The topological polar surface area (TPSA) is 43.4 Å². The first kappa shape index (κ1) is 20.2. The number of fused-ring (bicyclic) bond motifs is 1. The van der Waals surface area contributed by atoms with Crippen LogP contribution in [0.5, 0.6) is 0 Å². The van der Waals surface area contributed by atoms with E-state index in [2.05, 4.69) is 61.5 Å². The van der Waals surface area contributed by atoms with Crippen molar-refractivity contribution in [3.63, 3.8) is 0 Å². The molecule has 29 heavy (non-hydrogen) atoms. The number of carbonyl (C=O) groups excluding carboxylic acids is 2. The van der Waals surface area contributed by atoms with Crippen molar-refractivity contribution < 1.29 is 14.0 Å². The van der Waals surface area contributed by atoms with Crippen molar-refractivity contribution in [2.24, 2.45) is 40.4 Å². The lowest BCUT2D eigenvalue weighted by atomic mass is 9.69. The van der Waals surface area contributed by atoms with Crippen molar-refractivity contribution in [3.05, 3.63) is 11.6 Å². The van der Waals surface area contributed by atoms with Gasteiger partial charge in [0, 0.05) is 17.3 Å². The van der Waals surface area contributed by atoms with Crippen LogP contribution in [0.4, 0.5) is 0 Å². The molecule has 6 aliphatic rings. The molecule has 6 aliphatic carbocycles. The molecule has 4 heteroatoms. The Hall–Kier alpha value is -0.743. The molecule has 0 unspecified atom stereocenters. The zero-order valence-electron chi connectivity index (χ0n) is 19.4. The third kappa shape index (κ3) is 2.13. The molecule has 0 aromatic carbocycles. The smallest absolute Gasteiger partial charge is 0.205 e. The van der Waals surface area contributed by atoms with Crippen LogP contribution in [-0.4, -0.2) is 26.0 Å². The van der Waals surface area contributed by atoms with E-state index in [1.165, 1.54) is 5.57 Å². The van der Waals surface area contributed by atoms with Gasteiger partial charge in [0.05, 0.1) is 6.10 Å². The number of hydrogen-bond donors (Lipinski definition) is 0. The van der Waals surface area contributed by atoms with Crippen LogP contribution in [0.2, 0.25) is 16.6 Å².